The lowest BCUT2D eigenvalue weighted by Crippen LogP contribution is -2.21. The van der Waals surface area contributed by atoms with Crippen LogP contribution in [0.3, 0.4) is 0 Å². The molecule has 0 saturated heterocycles. The van der Waals surface area contributed by atoms with E-state index >= 15 is 0 Å². The van der Waals surface area contributed by atoms with Crippen molar-refractivity contribution in [3.05, 3.63) is 23.3 Å². The van der Waals surface area contributed by atoms with Crippen LogP contribution in [-0.4, -0.2) is 14.3 Å². The third kappa shape index (κ3) is 3.77. The second-order valence-electron chi connectivity index (χ2n) is 5.54. The molecule has 0 aliphatic heterocycles. The summed E-state index contributed by atoms with van der Waals surface area (Å²) in [6, 6.07) is 3.05. The standard InChI is InChI=1S/C15H20ClNO3S/c1-3-11-9-13(21(16,19)20)8-10(2)14(11)17-15(18)12-6-4-5-7-12/h8-9,12H,3-7H2,1-2H3,(H,17,18). The van der Waals surface area contributed by atoms with Crippen molar-refractivity contribution >= 4 is 31.3 Å². The third-order valence-electron chi connectivity index (χ3n) is 4.03. The molecule has 1 fully saturated rings. The van der Waals surface area contributed by atoms with E-state index in [1.165, 1.54) is 6.07 Å². The van der Waals surface area contributed by atoms with Crippen molar-refractivity contribution in [3.8, 4) is 0 Å². The van der Waals surface area contributed by atoms with E-state index in [-0.39, 0.29) is 16.7 Å². The van der Waals surface area contributed by atoms with Gasteiger partial charge in [-0.05, 0) is 49.4 Å². The minimum atomic E-state index is -3.76. The van der Waals surface area contributed by atoms with Crippen molar-refractivity contribution in [2.75, 3.05) is 5.32 Å². The first kappa shape index (κ1) is 16.3. The minimum absolute atomic E-state index is 0.0341. The molecule has 4 nitrogen and oxygen atoms in total. The number of hydrogen-bond acceptors (Lipinski definition) is 3. The summed E-state index contributed by atoms with van der Waals surface area (Å²) in [7, 11) is 1.65. The van der Waals surface area contributed by atoms with Crippen LogP contribution in [0.4, 0.5) is 5.69 Å². The summed E-state index contributed by atoms with van der Waals surface area (Å²) in [5, 5.41) is 2.97. The molecule has 0 heterocycles. The Kier molecular flexibility index (Phi) is 4.94. The summed E-state index contributed by atoms with van der Waals surface area (Å²) >= 11 is 0. The van der Waals surface area contributed by atoms with Crippen molar-refractivity contribution in [2.24, 2.45) is 5.92 Å². The number of amides is 1. The molecule has 0 unspecified atom stereocenters. The monoisotopic (exact) mass is 329 g/mol. The number of carbonyl (C=O) groups excluding carboxylic acids is 1. The number of halogens is 1. The lowest BCUT2D eigenvalue weighted by Gasteiger charge is -2.17. The van der Waals surface area contributed by atoms with Gasteiger partial charge in [-0.1, -0.05) is 19.8 Å². The number of hydrogen-bond donors (Lipinski definition) is 1. The highest BCUT2D eigenvalue weighted by Gasteiger charge is 2.24. The lowest BCUT2D eigenvalue weighted by atomic mass is 10.0. The van der Waals surface area contributed by atoms with E-state index in [1.54, 1.807) is 13.0 Å². The summed E-state index contributed by atoms with van der Waals surface area (Å²) < 4.78 is 22.9. The molecule has 6 heteroatoms. The fraction of sp³-hybridized carbons (Fsp3) is 0.533. The molecule has 0 radical (unpaired) electrons. The van der Waals surface area contributed by atoms with E-state index < -0.39 is 9.05 Å². The van der Waals surface area contributed by atoms with Gasteiger partial charge in [0.05, 0.1) is 4.90 Å². The van der Waals surface area contributed by atoms with E-state index in [2.05, 4.69) is 5.32 Å². The highest BCUT2D eigenvalue weighted by molar-refractivity contribution is 8.13. The molecule has 1 N–H and O–H groups in total. The molecule has 0 atom stereocenters. The first-order valence-corrected chi connectivity index (χ1v) is 9.53. The largest absolute Gasteiger partial charge is 0.325 e. The van der Waals surface area contributed by atoms with Crippen LogP contribution in [0.2, 0.25) is 0 Å². The molecule has 116 valence electrons. The van der Waals surface area contributed by atoms with E-state index in [0.717, 1.165) is 42.5 Å². The van der Waals surface area contributed by atoms with Gasteiger partial charge in [0.25, 0.3) is 9.05 Å². The minimum Gasteiger partial charge on any atom is -0.325 e. The number of anilines is 1. The zero-order valence-corrected chi connectivity index (χ0v) is 13.9. The molecule has 0 spiro atoms. The highest BCUT2D eigenvalue weighted by Crippen LogP contribution is 2.30. The van der Waals surface area contributed by atoms with Crippen molar-refractivity contribution in [2.45, 2.75) is 50.8 Å². The summed E-state index contributed by atoms with van der Waals surface area (Å²) in [6.07, 6.45) is 4.69. The van der Waals surface area contributed by atoms with E-state index in [9.17, 15) is 13.2 Å². The molecule has 0 aromatic heterocycles. The molecule has 2 rings (SSSR count). The number of aryl methyl sites for hydroxylation is 2. The Bertz CT molecular complexity index is 649. The van der Waals surface area contributed by atoms with E-state index in [1.807, 2.05) is 6.92 Å². The van der Waals surface area contributed by atoms with Gasteiger partial charge in [-0.3, -0.25) is 4.79 Å². The van der Waals surface area contributed by atoms with Crippen LogP contribution in [0.15, 0.2) is 17.0 Å². The number of benzene rings is 1. The van der Waals surface area contributed by atoms with Crippen LogP contribution in [0.25, 0.3) is 0 Å². The van der Waals surface area contributed by atoms with Gasteiger partial charge in [-0.25, -0.2) is 8.42 Å². The van der Waals surface area contributed by atoms with Gasteiger partial charge in [0.15, 0.2) is 0 Å². The Hall–Kier alpha value is -1.07. The van der Waals surface area contributed by atoms with Gasteiger partial charge < -0.3 is 5.32 Å². The quantitative estimate of drug-likeness (QED) is 0.858. The van der Waals surface area contributed by atoms with Gasteiger partial charge >= 0.3 is 0 Å². The predicted molar refractivity (Wildman–Crippen MR) is 84.2 cm³/mol. The third-order valence-corrected chi connectivity index (χ3v) is 5.36. The molecule has 1 amide bonds. The van der Waals surface area contributed by atoms with Crippen LogP contribution >= 0.6 is 10.7 Å². The van der Waals surface area contributed by atoms with Crippen molar-refractivity contribution in [1.29, 1.82) is 0 Å². The number of carbonyl (C=O) groups is 1. The SMILES string of the molecule is CCc1cc(S(=O)(=O)Cl)cc(C)c1NC(=O)C1CCCC1. The molecule has 1 aliphatic rings. The Morgan fingerprint density at radius 3 is 2.48 bits per heavy atom. The predicted octanol–water partition coefficient (Wildman–Crippen LogP) is 3.61. The molecular formula is C15H20ClNO3S. The van der Waals surface area contributed by atoms with Crippen molar-refractivity contribution in [1.82, 2.24) is 0 Å². The zero-order valence-electron chi connectivity index (χ0n) is 12.3. The maximum atomic E-state index is 12.3. The van der Waals surface area contributed by atoms with Crippen LogP contribution < -0.4 is 5.32 Å². The Labute approximate surface area is 130 Å². The topological polar surface area (TPSA) is 63.2 Å². The van der Waals surface area contributed by atoms with Gasteiger partial charge in [-0.2, -0.15) is 0 Å². The number of nitrogens with one attached hydrogen (secondary N) is 1. The smallest absolute Gasteiger partial charge is 0.261 e. The van der Waals surface area contributed by atoms with Gasteiger partial charge in [-0.15, -0.1) is 0 Å². The fourth-order valence-corrected chi connectivity index (χ4v) is 3.70. The average Bonchev–Trinajstić information content (AvgIpc) is 2.93. The van der Waals surface area contributed by atoms with Crippen molar-refractivity contribution < 1.29 is 13.2 Å². The molecule has 1 aromatic rings. The van der Waals surface area contributed by atoms with Crippen LogP contribution in [0.5, 0.6) is 0 Å². The average molecular weight is 330 g/mol. The second-order valence-corrected chi connectivity index (χ2v) is 8.10. The Balaban J connectivity index is 2.32. The molecular weight excluding hydrogens is 310 g/mol. The lowest BCUT2D eigenvalue weighted by molar-refractivity contribution is -0.119. The fourth-order valence-electron chi connectivity index (χ4n) is 2.84. The molecule has 1 saturated carbocycles. The molecule has 1 aromatic carbocycles. The summed E-state index contributed by atoms with van der Waals surface area (Å²) in [6.45, 7) is 3.71. The van der Waals surface area contributed by atoms with E-state index in [0.29, 0.717) is 6.42 Å². The van der Waals surface area contributed by atoms with Crippen molar-refractivity contribution in [3.63, 3.8) is 0 Å². The summed E-state index contributed by atoms with van der Waals surface area (Å²) in [4.78, 5) is 12.3. The maximum Gasteiger partial charge on any atom is 0.261 e. The first-order chi connectivity index (χ1) is 9.82. The molecule has 0 bridgehead atoms. The van der Waals surface area contributed by atoms with Gasteiger partial charge in [0, 0.05) is 22.3 Å². The maximum absolute atomic E-state index is 12.3. The van der Waals surface area contributed by atoms with Crippen LogP contribution in [0, 0.1) is 12.8 Å². The summed E-state index contributed by atoms with van der Waals surface area (Å²) in [5.41, 5.74) is 2.24. The van der Waals surface area contributed by atoms with Crippen LogP contribution in [0.1, 0.15) is 43.7 Å². The van der Waals surface area contributed by atoms with E-state index in [4.69, 9.17) is 10.7 Å². The van der Waals surface area contributed by atoms with Gasteiger partial charge in [0.1, 0.15) is 0 Å². The van der Waals surface area contributed by atoms with Gasteiger partial charge in [0.2, 0.25) is 5.91 Å². The molecule has 1 aliphatic carbocycles. The normalized spacial score (nSPS) is 16.1. The Morgan fingerprint density at radius 1 is 1.33 bits per heavy atom. The second kappa shape index (κ2) is 6.36. The summed E-state index contributed by atoms with van der Waals surface area (Å²) in [5.74, 6) is 0.109. The molecule has 21 heavy (non-hydrogen) atoms. The zero-order chi connectivity index (χ0) is 15.6. The van der Waals surface area contributed by atoms with Crippen LogP contribution in [-0.2, 0) is 20.3 Å². The first-order valence-electron chi connectivity index (χ1n) is 7.22. The Morgan fingerprint density at radius 2 is 1.95 bits per heavy atom. The number of rotatable bonds is 4. The highest BCUT2D eigenvalue weighted by atomic mass is 35.7.